The molecule has 3 amide bonds. The Balaban J connectivity index is 0.983. The molecular weight excluding hydrogens is 554 g/mol. The quantitative estimate of drug-likeness (QED) is 0.256. The number of fused-ring (bicyclic) bond motifs is 1. The van der Waals surface area contributed by atoms with Crippen LogP contribution in [0.2, 0.25) is 0 Å². The highest BCUT2D eigenvalue weighted by molar-refractivity contribution is 5.95. The summed E-state index contributed by atoms with van der Waals surface area (Å²) >= 11 is 0. The molecule has 3 heterocycles. The van der Waals surface area contributed by atoms with Crippen molar-refractivity contribution >= 4 is 29.7 Å². The molecule has 6 rings (SSSR count). The lowest BCUT2D eigenvalue weighted by atomic mass is 10.0. The average molecular weight is 588 g/mol. The summed E-state index contributed by atoms with van der Waals surface area (Å²) < 4.78 is 17.1. The van der Waals surface area contributed by atoms with Crippen molar-refractivity contribution in [2.45, 2.75) is 50.5 Å². The Kier molecular flexibility index (Phi) is 8.27. The van der Waals surface area contributed by atoms with Gasteiger partial charge >= 0.3 is 12.2 Å². The zero-order valence-corrected chi connectivity index (χ0v) is 23.5. The summed E-state index contributed by atoms with van der Waals surface area (Å²) in [5, 5.41) is 17.6. The van der Waals surface area contributed by atoms with Crippen LogP contribution < -0.4 is 30.3 Å². The molecule has 224 valence electrons. The van der Waals surface area contributed by atoms with E-state index in [-0.39, 0.29) is 30.8 Å². The van der Waals surface area contributed by atoms with Crippen LogP contribution in [0.1, 0.15) is 31.2 Å². The number of nitrogens with zero attached hydrogens (tertiary/aromatic N) is 2. The minimum atomic E-state index is -0.997. The first-order valence-corrected chi connectivity index (χ1v) is 14.4. The van der Waals surface area contributed by atoms with Gasteiger partial charge in [0.15, 0.2) is 18.2 Å². The number of hydrogen-bond donors (Lipinski definition) is 4. The second-order valence-corrected chi connectivity index (χ2v) is 10.9. The molecule has 0 unspecified atom stereocenters. The van der Waals surface area contributed by atoms with Crippen molar-refractivity contribution in [2.75, 3.05) is 29.9 Å². The summed E-state index contributed by atoms with van der Waals surface area (Å²) in [7, 11) is 0. The number of amides is 3. The minimum absolute atomic E-state index is 0.0135. The van der Waals surface area contributed by atoms with Gasteiger partial charge < -0.3 is 35.3 Å². The Labute approximate surface area is 248 Å². The van der Waals surface area contributed by atoms with Crippen LogP contribution in [0.4, 0.5) is 21.2 Å². The maximum atomic E-state index is 12.5. The van der Waals surface area contributed by atoms with Crippen LogP contribution in [0.15, 0.2) is 60.7 Å². The predicted octanol–water partition coefficient (Wildman–Crippen LogP) is 4.15. The Morgan fingerprint density at radius 1 is 1.09 bits per heavy atom. The lowest BCUT2D eigenvalue weighted by molar-refractivity contribution is -0.118. The molecule has 1 saturated carbocycles. The van der Waals surface area contributed by atoms with E-state index in [1.54, 1.807) is 12.1 Å². The number of ether oxygens (including phenoxy) is 3. The average Bonchev–Trinajstić information content (AvgIpc) is 3.60. The molecular formula is C31H33N5O7. The number of cyclic esters (lactones) is 1. The summed E-state index contributed by atoms with van der Waals surface area (Å²) in [5.41, 5.74) is 3.23. The third-order valence-corrected chi connectivity index (χ3v) is 7.69. The fourth-order valence-corrected chi connectivity index (χ4v) is 5.61. The Bertz CT molecular complexity index is 1520. The Morgan fingerprint density at radius 2 is 1.93 bits per heavy atom. The second kappa shape index (κ2) is 12.6. The smallest absolute Gasteiger partial charge is 0.415 e. The van der Waals surface area contributed by atoms with E-state index in [0.717, 1.165) is 35.3 Å². The zero-order chi connectivity index (χ0) is 29.8. The molecule has 2 aromatic carbocycles. The van der Waals surface area contributed by atoms with Crippen molar-refractivity contribution < 1.29 is 33.7 Å². The molecule has 12 nitrogen and oxygen atoms in total. The number of carbonyl (C=O) groups is 3. The number of hydrogen-bond acceptors (Lipinski definition) is 8. The van der Waals surface area contributed by atoms with Gasteiger partial charge in [-0.05, 0) is 72.8 Å². The number of carboxylic acid groups (broad SMARTS) is 1. The van der Waals surface area contributed by atoms with E-state index in [0.29, 0.717) is 49.9 Å². The van der Waals surface area contributed by atoms with Gasteiger partial charge in [-0.2, -0.15) is 0 Å². The molecule has 43 heavy (non-hydrogen) atoms. The molecule has 0 radical (unpaired) electrons. The maximum Gasteiger partial charge on any atom is 0.415 e. The Hall–Kier alpha value is -4.84. The summed E-state index contributed by atoms with van der Waals surface area (Å²) in [6.45, 7) is 1.62. The van der Waals surface area contributed by atoms with Crippen molar-refractivity contribution in [1.82, 2.24) is 15.6 Å². The van der Waals surface area contributed by atoms with E-state index in [1.807, 2.05) is 30.3 Å². The first kappa shape index (κ1) is 28.3. The summed E-state index contributed by atoms with van der Waals surface area (Å²) in [4.78, 5) is 40.9. The zero-order valence-electron chi connectivity index (χ0n) is 23.5. The monoisotopic (exact) mass is 587 g/mol. The number of aromatic nitrogens is 1. The van der Waals surface area contributed by atoms with Crippen LogP contribution in [0, 0.1) is 0 Å². The fourth-order valence-electron chi connectivity index (χ4n) is 5.61. The largest absolute Gasteiger partial charge is 0.490 e. The van der Waals surface area contributed by atoms with E-state index in [1.165, 1.54) is 4.90 Å². The summed E-state index contributed by atoms with van der Waals surface area (Å²) in [6, 6.07) is 19.5. The van der Waals surface area contributed by atoms with Gasteiger partial charge in [-0.1, -0.05) is 30.3 Å². The SMILES string of the molecule is O=C(O)N[C@H]1CC[C@@H](Oc2cccc(-c3cccc(CNCC[C@H]4CN(c5ccc6c(n5)NC(=O)CO6)C(=O)O4)c3)c2)C1. The number of pyridine rings is 1. The van der Waals surface area contributed by atoms with Crippen LogP contribution in [-0.4, -0.2) is 66.1 Å². The van der Waals surface area contributed by atoms with Crippen molar-refractivity contribution in [3.05, 3.63) is 66.2 Å². The topological polar surface area (TPSA) is 151 Å². The maximum absolute atomic E-state index is 12.5. The highest BCUT2D eigenvalue weighted by Crippen LogP contribution is 2.31. The van der Waals surface area contributed by atoms with Crippen LogP contribution in [0.5, 0.6) is 11.5 Å². The summed E-state index contributed by atoms with van der Waals surface area (Å²) in [6.07, 6.45) is 1.12. The standard InChI is InChI=1S/C31H33N5O7/c37-28-18-41-26-9-10-27(34-29(26)35-28)36-17-25(43-31(36)40)11-12-32-16-19-3-1-4-20(13-19)21-5-2-6-23(14-21)42-24-8-7-22(15-24)33-30(38)39/h1-6,9-10,13-14,22,24-25,32-33H,7-8,11-12,15-18H2,(H,38,39)(H,34,35,37)/t22-,24+,25-/m0/s1. The lowest BCUT2D eigenvalue weighted by Crippen LogP contribution is -2.32. The fraction of sp³-hybridized carbons (Fsp3) is 0.355. The van der Waals surface area contributed by atoms with E-state index in [2.05, 4.69) is 39.1 Å². The third kappa shape index (κ3) is 6.97. The van der Waals surface area contributed by atoms with Crippen LogP contribution in [-0.2, 0) is 16.1 Å². The molecule has 12 heteroatoms. The molecule has 1 aromatic heterocycles. The third-order valence-electron chi connectivity index (χ3n) is 7.69. The molecule has 2 fully saturated rings. The van der Waals surface area contributed by atoms with Gasteiger partial charge in [-0.25, -0.2) is 14.6 Å². The predicted molar refractivity (Wildman–Crippen MR) is 157 cm³/mol. The first-order chi connectivity index (χ1) is 20.9. The second-order valence-electron chi connectivity index (χ2n) is 10.9. The van der Waals surface area contributed by atoms with Gasteiger partial charge in [0.2, 0.25) is 0 Å². The van der Waals surface area contributed by atoms with Gasteiger partial charge in [0.05, 0.1) is 6.54 Å². The van der Waals surface area contributed by atoms with Gasteiger partial charge in [0, 0.05) is 19.0 Å². The molecule has 3 atom stereocenters. The van der Waals surface area contributed by atoms with Crippen molar-refractivity contribution in [1.29, 1.82) is 0 Å². The van der Waals surface area contributed by atoms with E-state index in [4.69, 9.17) is 19.3 Å². The Morgan fingerprint density at radius 3 is 2.79 bits per heavy atom. The highest BCUT2D eigenvalue weighted by Gasteiger charge is 2.33. The van der Waals surface area contributed by atoms with Gasteiger partial charge in [0.25, 0.3) is 5.91 Å². The molecule has 1 saturated heterocycles. The molecule has 0 spiro atoms. The molecule has 4 N–H and O–H groups in total. The van der Waals surface area contributed by atoms with Crippen molar-refractivity contribution in [3.8, 4) is 22.6 Å². The number of benzene rings is 2. The lowest BCUT2D eigenvalue weighted by Gasteiger charge is -2.19. The van der Waals surface area contributed by atoms with E-state index >= 15 is 0 Å². The van der Waals surface area contributed by atoms with Crippen molar-refractivity contribution in [3.63, 3.8) is 0 Å². The number of carbonyl (C=O) groups excluding carboxylic acids is 2. The molecule has 2 aliphatic heterocycles. The van der Waals surface area contributed by atoms with Gasteiger partial charge in [-0.15, -0.1) is 0 Å². The molecule has 3 aliphatic rings. The molecule has 3 aromatic rings. The van der Waals surface area contributed by atoms with Crippen LogP contribution in [0.25, 0.3) is 11.1 Å². The number of anilines is 2. The molecule has 1 aliphatic carbocycles. The number of rotatable bonds is 10. The minimum Gasteiger partial charge on any atom is -0.490 e. The van der Waals surface area contributed by atoms with E-state index in [9.17, 15) is 14.4 Å². The van der Waals surface area contributed by atoms with Crippen LogP contribution in [0.3, 0.4) is 0 Å². The van der Waals surface area contributed by atoms with Crippen LogP contribution >= 0.6 is 0 Å². The first-order valence-electron chi connectivity index (χ1n) is 14.4. The number of nitrogens with one attached hydrogen (secondary N) is 3. The van der Waals surface area contributed by atoms with Gasteiger partial charge in [-0.3, -0.25) is 9.69 Å². The van der Waals surface area contributed by atoms with E-state index < -0.39 is 12.2 Å². The highest BCUT2D eigenvalue weighted by atomic mass is 16.6. The van der Waals surface area contributed by atoms with Gasteiger partial charge in [0.1, 0.15) is 23.8 Å². The summed E-state index contributed by atoms with van der Waals surface area (Å²) in [5.74, 6) is 1.65. The normalized spacial score (nSPS) is 21.0. The molecule has 0 bridgehead atoms. The van der Waals surface area contributed by atoms with Crippen molar-refractivity contribution in [2.24, 2.45) is 0 Å².